The van der Waals surface area contributed by atoms with Gasteiger partial charge < -0.3 is 9.80 Å². The minimum Gasteiger partial charge on any atom is -0.316 e. The molecule has 4 heteroatoms. The number of carbonyl (C=O) groups is 1. The summed E-state index contributed by atoms with van der Waals surface area (Å²) in [6.45, 7) is 5.29. The molecular formula is C13H20N2OS. The zero-order valence-electron chi connectivity index (χ0n) is 10.5. The Kier molecular flexibility index (Phi) is 2.85. The molecular weight excluding hydrogens is 232 g/mol. The van der Waals surface area contributed by atoms with Crippen molar-refractivity contribution in [2.75, 3.05) is 6.54 Å². The van der Waals surface area contributed by atoms with Crippen LogP contribution in [0.4, 0.5) is 4.79 Å². The van der Waals surface area contributed by atoms with Crippen LogP contribution in [-0.2, 0) is 0 Å². The fourth-order valence-corrected chi connectivity index (χ4v) is 3.99. The molecule has 2 aliphatic heterocycles. The predicted octanol–water partition coefficient (Wildman–Crippen LogP) is 2.68. The van der Waals surface area contributed by atoms with E-state index in [9.17, 15) is 4.79 Å². The molecule has 0 bridgehead atoms. The summed E-state index contributed by atoms with van der Waals surface area (Å²) in [6, 6.07) is 1.53. The monoisotopic (exact) mass is 252 g/mol. The smallest absolute Gasteiger partial charge is 0.316 e. The number of hydrogen-bond donors (Lipinski definition) is 0. The molecule has 17 heavy (non-hydrogen) atoms. The van der Waals surface area contributed by atoms with Gasteiger partial charge in [-0.15, -0.1) is 11.8 Å². The molecule has 0 aromatic carbocycles. The third kappa shape index (κ3) is 1.77. The van der Waals surface area contributed by atoms with E-state index in [2.05, 4.69) is 35.1 Å². The molecule has 2 heterocycles. The van der Waals surface area contributed by atoms with Gasteiger partial charge in [-0.25, -0.2) is 4.79 Å². The Bertz CT molecular complexity index is 353. The van der Waals surface area contributed by atoms with E-state index in [0.717, 1.165) is 13.0 Å². The number of thioether (sulfide) groups is 1. The predicted molar refractivity (Wildman–Crippen MR) is 71.0 cm³/mol. The van der Waals surface area contributed by atoms with Crippen LogP contribution >= 0.6 is 11.8 Å². The Labute approximate surface area is 107 Å². The fraction of sp³-hybridized carbons (Fsp3) is 0.769. The van der Waals surface area contributed by atoms with Gasteiger partial charge in [0.05, 0.1) is 12.1 Å². The third-order valence-electron chi connectivity index (χ3n) is 3.95. The van der Waals surface area contributed by atoms with Crippen molar-refractivity contribution < 1.29 is 4.79 Å². The summed E-state index contributed by atoms with van der Waals surface area (Å²) in [6.07, 6.45) is 5.68. The molecule has 3 nitrogen and oxygen atoms in total. The molecule has 94 valence electrons. The van der Waals surface area contributed by atoms with E-state index in [1.165, 1.54) is 12.8 Å². The summed E-state index contributed by atoms with van der Waals surface area (Å²) in [7, 11) is 0. The van der Waals surface area contributed by atoms with Crippen LogP contribution in [-0.4, -0.2) is 45.8 Å². The Balaban J connectivity index is 1.90. The van der Waals surface area contributed by atoms with E-state index in [0.29, 0.717) is 23.4 Å². The van der Waals surface area contributed by atoms with Crippen molar-refractivity contribution in [1.82, 2.24) is 9.80 Å². The van der Waals surface area contributed by atoms with E-state index >= 15 is 0 Å². The molecule has 0 N–H and O–H groups in total. The van der Waals surface area contributed by atoms with E-state index < -0.39 is 0 Å². The van der Waals surface area contributed by atoms with Crippen LogP contribution in [0.5, 0.6) is 0 Å². The van der Waals surface area contributed by atoms with E-state index in [1.54, 1.807) is 0 Å². The highest BCUT2D eigenvalue weighted by Crippen LogP contribution is 2.42. The molecule has 0 radical (unpaired) electrons. The Hall–Kier alpha value is -0.640. The zero-order valence-corrected chi connectivity index (χ0v) is 11.3. The second kappa shape index (κ2) is 4.23. The molecule has 3 rings (SSSR count). The lowest BCUT2D eigenvalue weighted by Gasteiger charge is -2.32. The zero-order chi connectivity index (χ0) is 12.0. The van der Waals surface area contributed by atoms with Gasteiger partial charge in [-0.3, -0.25) is 0 Å². The number of urea groups is 1. The number of carbonyl (C=O) groups excluding carboxylic acids is 1. The topological polar surface area (TPSA) is 23.6 Å². The second-order valence-corrected chi connectivity index (χ2v) is 6.55. The summed E-state index contributed by atoms with van der Waals surface area (Å²) in [5, 5.41) is 2.70. The highest BCUT2D eigenvalue weighted by molar-refractivity contribution is 8.02. The van der Waals surface area contributed by atoms with Gasteiger partial charge in [0.1, 0.15) is 0 Å². The SMILES string of the molecule is CCCN1C(=O)N(C2CC2)C2C1C=CS[C@H]2C. The first-order valence-electron chi connectivity index (χ1n) is 6.65. The van der Waals surface area contributed by atoms with Crippen molar-refractivity contribution in [2.24, 2.45) is 0 Å². The normalized spacial score (nSPS) is 36.6. The van der Waals surface area contributed by atoms with Gasteiger partial charge in [0, 0.05) is 17.8 Å². The number of fused-ring (bicyclic) bond motifs is 1. The molecule has 3 atom stereocenters. The van der Waals surface area contributed by atoms with Crippen LogP contribution in [0.25, 0.3) is 0 Å². The average molecular weight is 252 g/mol. The van der Waals surface area contributed by atoms with Crippen molar-refractivity contribution in [1.29, 1.82) is 0 Å². The maximum absolute atomic E-state index is 12.5. The molecule has 0 aromatic heterocycles. The fourth-order valence-electron chi connectivity index (χ4n) is 3.04. The van der Waals surface area contributed by atoms with Crippen LogP contribution in [0.3, 0.4) is 0 Å². The molecule has 1 saturated heterocycles. The first-order valence-corrected chi connectivity index (χ1v) is 7.59. The summed E-state index contributed by atoms with van der Waals surface area (Å²) in [4.78, 5) is 16.8. The first kappa shape index (κ1) is 11.5. The largest absolute Gasteiger partial charge is 0.321 e. The van der Waals surface area contributed by atoms with Crippen molar-refractivity contribution >= 4 is 17.8 Å². The highest BCUT2D eigenvalue weighted by Gasteiger charge is 2.52. The van der Waals surface area contributed by atoms with E-state index in [4.69, 9.17) is 0 Å². The summed E-state index contributed by atoms with van der Waals surface area (Å²) in [5.74, 6) is 0. The van der Waals surface area contributed by atoms with Crippen LogP contribution < -0.4 is 0 Å². The average Bonchev–Trinajstić information content (AvgIpc) is 3.09. The lowest BCUT2D eigenvalue weighted by Crippen LogP contribution is -2.45. The Morgan fingerprint density at radius 2 is 2.24 bits per heavy atom. The lowest BCUT2D eigenvalue weighted by atomic mass is 10.0. The minimum absolute atomic E-state index is 0.281. The van der Waals surface area contributed by atoms with Gasteiger partial charge in [-0.1, -0.05) is 19.9 Å². The second-order valence-electron chi connectivity index (χ2n) is 5.27. The molecule has 1 aliphatic carbocycles. The van der Waals surface area contributed by atoms with Crippen LogP contribution in [0.2, 0.25) is 0 Å². The molecule has 2 fully saturated rings. The van der Waals surface area contributed by atoms with Gasteiger partial charge in [0.25, 0.3) is 0 Å². The highest BCUT2D eigenvalue weighted by atomic mass is 32.2. The van der Waals surface area contributed by atoms with Gasteiger partial charge in [-0.2, -0.15) is 0 Å². The van der Waals surface area contributed by atoms with E-state index in [-0.39, 0.29) is 6.03 Å². The molecule has 2 unspecified atom stereocenters. The molecule has 0 spiro atoms. The molecule has 3 aliphatic rings. The number of rotatable bonds is 3. The summed E-state index contributed by atoms with van der Waals surface area (Å²) >= 11 is 1.86. The van der Waals surface area contributed by atoms with Crippen LogP contribution in [0.1, 0.15) is 33.1 Å². The quantitative estimate of drug-likeness (QED) is 0.771. The van der Waals surface area contributed by atoms with Crippen molar-refractivity contribution in [2.45, 2.75) is 56.5 Å². The Morgan fingerprint density at radius 3 is 2.88 bits per heavy atom. The van der Waals surface area contributed by atoms with Gasteiger partial charge in [0.15, 0.2) is 0 Å². The maximum atomic E-state index is 12.5. The number of nitrogens with zero attached hydrogens (tertiary/aromatic N) is 2. The molecule has 2 amide bonds. The standard InChI is InChI=1S/C13H20N2OS/c1-3-7-14-11-6-8-17-9(2)12(11)15(13(14)16)10-4-5-10/h6,8-12H,3-5,7H2,1-2H3/t9-,11?,12?/m0/s1. The van der Waals surface area contributed by atoms with Gasteiger partial charge >= 0.3 is 6.03 Å². The molecule has 1 saturated carbocycles. The summed E-state index contributed by atoms with van der Waals surface area (Å²) < 4.78 is 0. The number of amides is 2. The maximum Gasteiger partial charge on any atom is 0.321 e. The van der Waals surface area contributed by atoms with E-state index in [1.807, 2.05) is 11.8 Å². The van der Waals surface area contributed by atoms with Crippen LogP contribution in [0.15, 0.2) is 11.5 Å². The third-order valence-corrected chi connectivity index (χ3v) is 4.97. The van der Waals surface area contributed by atoms with Gasteiger partial charge in [0.2, 0.25) is 0 Å². The van der Waals surface area contributed by atoms with Crippen molar-refractivity contribution in [3.05, 3.63) is 11.5 Å². The van der Waals surface area contributed by atoms with Crippen LogP contribution in [0, 0.1) is 0 Å². The van der Waals surface area contributed by atoms with Crippen molar-refractivity contribution in [3.63, 3.8) is 0 Å². The summed E-state index contributed by atoms with van der Waals surface area (Å²) in [5.41, 5.74) is 0. The minimum atomic E-state index is 0.281. The number of hydrogen-bond acceptors (Lipinski definition) is 2. The lowest BCUT2D eigenvalue weighted by molar-refractivity contribution is 0.183. The van der Waals surface area contributed by atoms with Crippen molar-refractivity contribution in [3.8, 4) is 0 Å². The van der Waals surface area contributed by atoms with Gasteiger partial charge in [-0.05, 0) is 24.7 Å². The Morgan fingerprint density at radius 1 is 1.47 bits per heavy atom. The molecule has 0 aromatic rings. The first-order chi connectivity index (χ1) is 8.24.